The van der Waals surface area contributed by atoms with E-state index >= 15 is 0 Å². The smallest absolute Gasteiger partial charge is 0.0546 e. The Kier molecular flexibility index (Phi) is 18.7. The average Bonchev–Trinajstić information content (AvgIpc) is 1.46. The maximum absolute atomic E-state index is 2.46. The van der Waals surface area contributed by atoms with Gasteiger partial charge in [0.05, 0.1) is 50.2 Å². The van der Waals surface area contributed by atoms with Crippen molar-refractivity contribution in [3.63, 3.8) is 0 Å². The molecule has 0 radical (unpaired) electrons. The molecule has 29 aromatic rings. The van der Waals surface area contributed by atoms with Crippen molar-refractivity contribution in [2.45, 2.75) is 0 Å². The van der Waals surface area contributed by atoms with Gasteiger partial charge < -0.3 is 13.7 Å². The molecule has 0 saturated heterocycles. The molecule has 3 heterocycles. The fourth-order valence-electron chi connectivity index (χ4n) is 22.4. The van der Waals surface area contributed by atoms with E-state index in [2.05, 4.69) is 529 Å². The lowest BCUT2D eigenvalue weighted by Crippen LogP contribution is -1.96. The van der Waals surface area contributed by atoms with Crippen molar-refractivity contribution in [1.82, 2.24) is 13.7 Å². The molecule has 0 N–H and O–H groups in total. The summed E-state index contributed by atoms with van der Waals surface area (Å²) < 4.78 is 7.36. The molecule has 0 aliphatic heterocycles. The second-order valence-corrected chi connectivity index (χ2v) is 36.4. The molecule has 0 atom stereocenters. The molecular formula is C134H85N3. The Morgan fingerprint density at radius 3 is 0.752 bits per heavy atom. The zero-order valence-corrected chi connectivity index (χ0v) is 74.9. The first-order valence-corrected chi connectivity index (χ1v) is 47.4. The summed E-state index contributed by atoms with van der Waals surface area (Å²) in [6.45, 7) is 0. The highest BCUT2D eigenvalue weighted by atomic mass is 15.0. The molecule has 26 aromatic carbocycles. The van der Waals surface area contributed by atoms with Crippen LogP contribution in [-0.2, 0) is 0 Å². The SMILES string of the molecule is c1cc(-c2ccc3c(c2)c2ccccc2n3-c2cc3ccccc3c3ccccc23)cc(-c2cccc3ccccc23)c1.c1cc(-c2ccc3ccccc3c2)cc(-c2ccc3c(c2)c2ccccc2n3-c2cc3ccccc3c3ccccc23)c1.c1ccc2c(c1)cc(-n1c3ccccc3c3cc(-c4ccc(-c5ccc6c7ccccc7c7ccccc7c6c5)cc4)ccc31)c1ccccc12. The van der Waals surface area contributed by atoms with Gasteiger partial charge in [-0.1, -0.05) is 419 Å². The molecule has 29 rings (SSSR count). The zero-order chi connectivity index (χ0) is 90.1. The molecule has 3 heteroatoms. The van der Waals surface area contributed by atoms with Gasteiger partial charge in [-0.3, -0.25) is 0 Å². The Bertz CT molecular complexity index is 9970. The molecule has 3 aromatic heterocycles. The van der Waals surface area contributed by atoms with Gasteiger partial charge >= 0.3 is 0 Å². The summed E-state index contributed by atoms with van der Waals surface area (Å²) in [5.41, 5.74) is 25.7. The molecule has 0 bridgehead atoms. The number of hydrogen-bond donors (Lipinski definition) is 0. The third kappa shape index (κ3) is 13.3. The van der Waals surface area contributed by atoms with E-state index in [0.717, 1.165) is 0 Å². The number of fused-ring (bicyclic) bond motifs is 26. The summed E-state index contributed by atoms with van der Waals surface area (Å²) in [7, 11) is 0. The summed E-state index contributed by atoms with van der Waals surface area (Å²) >= 11 is 0. The first kappa shape index (κ1) is 78.8. The van der Waals surface area contributed by atoms with Gasteiger partial charge in [-0.15, -0.1) is 0 Å². The van der Waals surface area contributed by atoms with Gasteiger partial charge in [0.2, 0.25) is 0 Å². The fourth-order valence-corrected chi connectivity index (χ4v) is 22.4. The number of nitrogens with zero attached hydrogens (tertiary/aromatic N) is 3. The number of rotatable bonds is 9. The molecular weight excluding hydrogens is 1650 g/mol. The van der Waals surface area contributed by atoms with Crippen molar-refractivity contribution in [2.75, 3.05) is 0 Å². The van der Waals surface area contributed by atoms with Crippen molar-refractivity contribution >= 4 is 184 Å². The second kappa shape index (κ2) is 32.5. The van der Waals surface area contributed by atoms with E-state index in [9.17, 15) is 0 Å². The Morgan fingerprint density at radius 2 is 0.336 bits per heavy atom. The van der Waals surface area contributed by atoms with Crippen LogP contribution in [0.15, 0.2) is 516 Å². The molecule has 3 nitrogen and oxygen atoms in total. The highest BCUT2D eigenvalue weighted by Gasteiger charge is 2.23. The van der Waals surface area contributed by atoms with Crippen LogP contribution in [0, 0.1) is 0 Å². The lowest BCUT2D eigenvalue weighted by molar-refractivity contribution is 1.20. The lowest BCUT2D eigenvalue weighted by atomic mass is 9.92. The largest absolute Gasteiger partial charge is 0.309 e. The van der Waals surface area contributed by atoms with Crippen LogP contribution in [0.5, 0.6) is 0 Å². The molecule has 137 heavy (non-hydrogen) atoms. The van der Waals surface area contributed by atoms with E-state index in [-0.39, 0.29) is 0 Å². The van der Waals surface area contributed by atoms with Crippen LogP contribution >= 0.6 is 0 Å². The van der Waals surface area contributed by atoms with Crippen LogP contribution in [0.2, 0.25) is 0 Å². The Morgan fingerprint density at radius 1 is 0.0949 bits per heavy atom. The van der Waals surface area contributed by atoms with Crippen molar-refractivity contribution in [3.8, 4) is 83.8 Å². The van der Waals surface area contributed by atoms with Gasteiger partial charge in [-0.25, -0.2) is 0 Å². The summed E-state index contributed by atoms with van der Waals surface area (Å²) in [6, 6.07) is 189. The molecule has 0 unspecified atom stereocenters. The summed E-state index contributed by atoms with van der Waals surface area (Å²) in [5.74, 6) is 0. The van der Waals surface area contributed by atoms with Crippen molar-refractivity contribution < 1.29 is 0 Å². The van der Waals surface area contributed by atoms with Crippen molar-refractivity contribution in [1.29, 1.82) is 0 Å². The summed E-state index contributed by atoms with van der Waals surface area (Å²) in [4.78, 5) is 0. The third-order valence-corrected chi connectivity index (χ3v) is 28.9. The predicted molar refractivity (Wildman–Crippen MR) is 588 cm³/mol. The van der Waals surface area contributed by atoms with Crippen LogP contribution in [0.4, 0.5) is 0 Å². The van der Waals surface area contributed by atoms with Crippen molar-refractivity contribution in [2.24, 2.45) is 0 Å². The van der Waals surface area contributed by atoms with Gasteiger partial charge in [-0.2, -0.15) is 0 Å². The Labute approximate surface area is 791 Å². The van der Waals surface area contributed by atoms with Gasteiger partial charge in [0.25, 0.3) is 0 Å². The first-order valence-electron chi connectivity index (χ1n) is 47.4. The van der Waals surface area contributed by atoms with Crippen LogP contribution in [-0.4, -0.2) is 13.7 Å². The first-order chi connectivity index (χ1) is 67.9. The minimum Gasteiger partial charge on any atom is -0.309 e. The maximum Gasteiger partial charge on any atom is 0.0546 e. The third-order valence-electron chi connectivity index (χ3n) is 28.9. The molecule has 0 spiro atoms. The number of aromatic nitrogens is 3. The lowest BCUT2D eigenvalue weighted by Gasteiger charge is -2.14. The molecule has 0 saturated carbocycles. The van der Waals surface area contributed by atoms with E-state index in [1.54, 1.807) is 0 Å². The van der Waals surface area contributed by atoms with Gasteiger partial charge in [0.15, 0.2) is 0 Å². The summed E-state index contributed by atoms with van der Waals surface area (Å²) in [6.07, 6.45) is 0. The normalized spacial score (nSPS) is 11.8. The Hall–Kier alpha value is -18.0. The fraction of sp³-hybridized carbons (Fsp3) is 0. The van der Waals surface area contributed by atoms with Gasteiger partial charge in [-0.05, 0) is 266 Å². The highest BCUT2D eigenvalue weighted by Crippen LogP contribution is 2.47. The predicted octanol–water partition coefficient (Wildman–Crippen LogP) is 37.0. The minimum absolute atomic E-state index is 1.21. The molecule has 0 aliphatic carbocycles. The van der Waals surface area contributed by atoms with Crippen molar-refractivity contribution in [3.05, 3.63) is 516 Å². The molecule has 636 valence electrons. The van der Waals surface area contributed by atoms with E-state index in [0.29, 0.717) is 0 Å². The van der Waals surface area contributed by atoms with Gasteiger partial charge in [0, 0.05) is 48.5 Å². The van der Waals surface area contributed by atoms with E-state index < -0.39 is 0 Å². The van der Waals surface area contributed by atoms with Gasteiger partial charge in [0.1, 0.15) is 0 Å². The number of hydrogen-bond acceptors (Lipinski definition) is 0. The molecule has 0 fully saturated rings. The average molecular weight is 1740 g/mol. The number of benzene rings is 26. The van der Waals surface area contributed by atoms with Crippen LogP contribution in [0.1, 0.15) is 0 Å². The van der Waals surface area contributed by atoms with Crippen LogP contribution < -0.4 is 0 Å². The van der Waals surface area contributed by atoms with Crippen LogP contribution in [0.25, 0.3) is 268 Å². The topological polar surface area (TPSA) is 14.8 Å². The zero-order valence-electron chi connectivity index (χ0n) is 74.9. The second-order valence-electron chi connectivity index (χ2n) is 36.4. The molecule has 0 amide bonds. The number of para-hydroxylation sites is 3. The Balaban J connectivity index is 0.000000104. The van der Waals surface area contributed by atoms with Crippen LogP contribution in [0.3, 0.4) is 0 Å². The van der Waals surface area contributed by atoms with E-state index in [1.807, 2.05) is 0 Å². The van der Waals surface area contributed by atoms with E-state index in [1.165, 1.54) is 268 Å². The molecule has 0 aliphatic rings. The summed E-state index contributed by atoms with van der Waals surface area (Å²) in [5, 5.41) is 35.7. The highest BCUT2D eigenvalue weighted by molar-refractivity contribution is 6.27. The minimum atomic E-state index is 1.21. The quantitative estimate of drug-likeness (QED) is 0.128. The monoisotopic (exact) mass is 1740 g/mol. The standard InChI is InChI=1S/C50H31N.2C42H27N/c1-2-12-37-36(11-1)31-50(44-18-8-7-13-38(37)44)51-48-20-10-9-19-45(48)47-30-35(26-28-49(47)51)33-23-21-32(22-24-33)34-25-27-43-41-16-4-3-14-39(41)40-15-5-6-17-42(40)46(43)29-34;1-3-16-33-28(11-1)13-10-21-34(33)31-15-9-14-29(25-31)30-23-24-41-39(26-30)38-20-7-8-22-40(38)43(41)42-27-32-12-2-4-17-35(32)36-18-5-6-19-37(36)42;1-2-11-29-24-32(21-20-28(29)10-1)30-13-9-14-31(25-30)33-22-23-41-39(26-33)38-18-7-8-19-40(38)43(41)42-27-34-12-3-4-15-35(34)36-16-5-6-17-37(36)42/h1-31H;2*1-27H. The van der Waals surface area contributed by atoms with E-state index in [4.69, 9.17) is 0 Å². The maximum atomic E-state index is 2.46.